The highest BCUT2D eigenvalue weighted by atomic mass is 35.5. The number of rotatable bonds is 1. The molecule has 18 heavy (non-hydrogen) atoms. The fraction of sp³-hybridized carbons (Fsp3) is 0.0714. The van der Waals surface area contributed by atoms with Gasteiger partial charge in [-0.25, -0.2) is 4.98 Å². The van der Waals surface area contributed by atoms with Gasteiger partial charge in [0.05, 0.1) is 9.72 Å². The Hall–Kier alpha value is -1.58. The van der Waals surface area contributed by atoms with Crippen molar-refractivity contribution in [2.24, 2.45) is 0 Å². The molecule has 0 aliphatic rings. The predicted octanol–water partition coefficient (Wildman–Crippen LogP) is 4.51. The first-order valence-corrected chi connectivity index (χ1v) is 6.76. The van der Waals surface area contributed by atoms with E-state index in [1.165, 1.54) is 0 Å². The lowest BCUT2D eigenvalue weighted by Crippen LogP contribution is -1.89. The van der Waals surface area contributed by atoms with E-state index in [-0.39, 0.29) is 0 Å². The van der Waals surface area contributed by atoms with Crippen molar-refractivity contribution in [2.75, 3.05) is 5.73 Å². The van der Waals surface area contributed by atoms with Crippen molar-refractivity contribution >= 4 is 38.8 Å². The summed E-state index contributed by atoms with van der Waals surface area (Å²) in [6.45, 7) is 2.00. The number of para-hydroxylation sites is 1. The van der Waals surface area contributed by atoms with E-state index >= 15 is 0 Å². The van der Waals surface area contributed by atoms with E-state index in [1.807, 2.05) is 37.3 Å². The number of anilines is 1. The smallest absolute Gasteiger partial charge is 0.124 e. The Bertz CT molecular complexity index is 734. The number of nitrogen functional groups attached to an aromatic ring is 1. The van der Waals surface area contributed by atoms with Crippen LogP contribution in [0.15, 0.2) is 36.4 Å². The van der Waals surface area contributed by atoms with Crippen molar-refractivity contribution < 1.29 is 0 Å². The first-order valence-electron chi connectivity index (χ1n) is 5.57. The molecule has 0 saturated carbocycles. The van der Waals surface area contributed by atoms with Gasteiger partial charge in [-0.2, -0.15) is 0 Å². The molecule has 0 radical (unpaired) electrons. The van der Waals surface area contributed by atoms with Gasteiger partial charge in [0.2, 0.25) is 0 Å². The van der Waals surface area contributed by atoms with Crippen LogP contribution in [0.25, 0.3) is 20.8 Å². The molecule has 3 aromatic rings. The summed E-state index contributed by atoms with van der Waals surface area (Å²) >= 11 is 7.78. The molecule has 1 heterocycles. The zero-order valence-corrected chi connectivity index (χ0v) is 11.3. The number of nitrogens with zero attached hydrogens (tertiary/aromatic N) is 1. The molecular weight excluding hydrogens is 264 g/mol. The lowest BCUT2D eigenvalue weighted by Gasteiger charge is -2.01. The molecule has 0 spiro atoms. The van der Waals surface area contributed by atoms with Crippen molar-refractivity contribution in [1.29, 1.82) is 0 Å². The minimum atomic E-state index is 0.696. The number of aryl methyl sites for hydroxylation is 1. The maximum absolute atomic E-state index is 6.14. The molecule has 2 nitrogen and oxygen atoms in total. The van der Waals surface area contributed by atoms with Crippen molar-refractivity contribution in [3.05, 3.63) is 47.0 Å². The van der Waals surface area contributed by atoms with E-state index < -0.39 is 0 Å². The molecule has 1 aromatic heterocycles. The van der Waals surface area contributed by atoms with Gasteiger partial charge in [-0.1, -0.05) is 17.7 Å². The summed E-state index contributed by atoms with van der Waals surface area (Å²) in [6.07, 6.45) is 0. The molecule has 0 bridgehead atoms. The van der Waals surface area contributed by atoms with Crippen LogP contribution in [0.1, 0.15) is 5.56 Å². The molecule has 3 rings (SSSR count). The van der Waals surface area contributed by atoms with Gasteiger partial charge in [0, 0.05) is 11.3 Å². The second kappa shape index (κ2) is 4.26. The number of benzene rings is 2. The standard InChI is InChI=1S/C14H11ClN2S/c1-8-7-9(5-6-11(8)16)14-17-13-10(15)3-2-4-12(13)18-14/h2-7H,16H2,1H3. The van der Waals surface area contributed by atoms with Crippen LogP contribution in [0.2, 0.25) is 5.02 Å². The number of halogens is 1. The molecule has 0 fully saturated rings. The third kappa shape index (κ3) is 1.85. The number of hydrogen-bond donors (Lipinski definition) is 1. The van der Waals surface area contributed by atoms with Crippen molar-refractivity contribution in [3.8, 4) is 10.6 Å². The quantitative estimate of drug-likeness (QED) is 0.663. The normalized spacial score (nSPS) is 11.0. The Morgan fingerprint density at radius 2 is 2.06 bits per heavy atom. The first kappa shape index (κ1) is 11.5. The van der Waals surface area contributed by atoms with Crippen molar-refractivity contribution in [2.45, 2.75) is 6.92 Å². The van der Waals surface area contributed by atoms with E-state index in [9.17, 15) is 0 Å². The Balaban J connectivity index is 2.19. The summed E-state index contributed by atoms with van der Waals surface area (Å²) in [4.78, 5) is 4.60. The topological polar surface area (TPSA) is 38.9 Å². The zero-order valence-electron chi connectivity index (χ0n) is 9.77. The highest BCUT2D eigenvalue weighted by molar-refractivity contribution is 7.21. The molecular formula is C14H11ClN2S. The van der Waals surface area contributed by atoms with Crippen LogP contribution in [-0.4, -0.2) is 4.98 Å². The molecule has 0 aliphatic heterocycles. The minimum Gasteiger partial charge on any atom is -0.399 e. The van der Waals surface area contributed by atoms with E-state index in [0.29, 0.717) is 5.02 Å². The fourth-order valence-electron chi connectivity index (χ4n) is 1.85. The third-order valence-corrected chi connectivity index (χ3v) is 4.26. The van der Waals surface area contributed by atoms with Crippen LogP contribution in [0, 0.1) is 6.92 Å². The van der Waals surface area contributed by atoms with E-state index in [2.05, 4.69) is 11.1 Å². The molecule has 2 aromatic carbocycles. The van der Waals surface area contributed by atoms with Gasteiger partial charge in [0.15, 0.2) is 0 Å². The van der Waals surface area contributed by atoms with Gasteiger partial charge in [-0.15, -0.1) is 11.3 Å². The van der Waals surface area contributed by atoms with Crippen LogP contribution in [0.5, 0.6) is 0 Å². The van der Waals surface area contributed by atoms with Crippen molar-refractivity contribution in [1.82, 2.24) is 4.98 Å². The maximum Gasteiger partial charge on any atom is 0.124 e. The molecule has 90 valence electrons. The number of hydrogen-bond acceptors (Lipinski definition) is 3. The van der Waals surface area contributed by atoms with Crippen LogP contribution in [-0.2, 0) is 0 Å². The second-order valence-electron chi connectivity index (χ2n) is 4.18. The summed E-state index contributed by atoms with van der Waals surface area (Å²) in [5.74, 6) is 0. The van der Waals surface area contributed by atoms with Crippen LogP contribution < -0.4 is 5.73 Å². The third-order valence-electron chi connectivity index (χ3n) is 2.89. The lowest BCUT2D eigenvalue weighted by molar-refractivity contribution is 1.43. The molecule has 2 N–H and O–H groups in total. The summed E-state index contributed by atoms with van der Waals surface area (Å²) in [6, 6.07) is 11.8. The van der Waals surface area contributed by atoms with Crippen LogP contribution >= 0.6 is 22.9 Å². The zero-order chi connectivity index (χ0) is 12.7. The van der Waals surface area contributed by atoms with Crippen LogP contribution in [0.4, 0.5) is 5.69 Å². The number of thiazole rings is 1. The monoisotopic (exact) mass is 274 g/mol. The Labute approximate surface area is 114 Å². The summed E-state index contributed by atoms with van der Waals surface area (Å²) < 4.78 is 1.10. The molecule has 0 atom stereocenters. The highest BCUT2D eigenvalue weighted by Crippen LogP contribution is 2.34. The van der Waals surface area contributed by atoms with Gasteiger partial charge in [0.25, 0.3) is 0 Å². The summed E-state index contributed by atoms with van der Waals surface area (Å²) in [5, 5.41) is 1.67. The minimum absolute atomic E-state index is 0.696. The second-order valence-corrected chi connectivity index (χ2v) is 5.61. The van der Waals surface area contributed by atoms with Gasteiger partial charge >= 0.3 is 0 Å². The molecule has 0 saturated heterocycles. The lowest BCUT2D eigenvalue weighted by atomic mass is 10.1. The van der Waals surface area contributed by atoms with E-state index in [0.717, 1.165) is 32.0 Å². The van der Waals surface area contributed by atoms with E-state index in [4.69, 9.17) is 17.3 Å². The van der Waals surface area contributed by atoms with Gasteiger partial charge in [-0.3, -0.25) is 0 Å². The number of fused-ring (bicyclic) bond motifs is 1. The van der Waals surface area contributed by atoms with Gasteiger partial charge < -0.3 is 5.73 Å². The molecule has 4 heteroatoms. The average molecular weight is 275 g/mol. The Morgan fingerprint density at radius 1 is 1.22 bits per heavy atom. The molecule has 0 aliphatic carbocycles. The largest absolute Gasteiger partial charge is 0.399 e. The van der Waals surface area contributed by atoms with Gasteiger partial charge in [-0.05, 0) is 42.8 Å². The number of aromatic nitrogens is 1. The van der Waals surface area contributed by atoms with Crippen molar-refractivity contribution in [3.63, 3.8) is 0 Å². The average Bonchev–Trinajstić information content (AvgIpc) is 2.78. The summed E-state index contributed by atoms with van der Waals surface area (Å²) in [5.41, 5.74) is 9.65. The van der Waals surface area contributed by atoms with Crippen LogP contribution in [0.3, 0.4) is 0 Å². The fourth-order valence-corrected chi connectivity index (χ4v) is 3.11. The van der Waals surface area contributed by atoms with E-state index in [1.54, 1.807) is 11.3 Å². The maximum atomic E-state index is 6.14. The Morgan fingerprint density at radius 3 is 2.78 bits per heavy atom. The highest BCUT2D eigenvalue weighted by Gasteiger charge is 2.09. The summed E-state index contributed by atoms with van der Waals surface area (Å²) in [7, 11) is 0. The van der Waals surface area contributed by atoms with Gasteiger partial charge in [0.1, 0.15) is 10.5 Å². The molecule has 0 amide bonds. The SMILES string of the molecule is Cc1cc(-c2nc3c(Cl)cccc3s2)ccc1N. The Kier molecular flexibility index (Phi) is 2.73. The first-order chi connectivity index (χ1) is 8.65. The molecule has 0 unspecified atom stereocenters. The number of nitrogens with two attached hydrogens (primary N) is 1. The predicted molar refractivity (Wildman–Crippen MR) is 79.2 cm³/mol.